The Morgan fingerprint density at radius 3 is 1.75 bits per heavy atom. The number of aromatic amines is 2. The summed E-state index contributed by atoms with van der Waals surface area (Å²) in [5.74, 6) is 0. The summed E-state index contributed by atoms with van der Waals surface area (Å²) in [5, 5.41) is 0. The number of nitrogens with zero attached hydrogens (tertiary/aromatic N) is 2. The smallest absolute Gasteiger partial charge is 0.0658 e. The number of anilines is 1. The van der Waals surface area contributed by atoms with Crippen molar-refractivity contribution >= 4 is 52.1 Å². The molecule has 0 fully saturated rings. The van der Waals surface area contributed by atoms with Crippen molar-refractivity contribution in [1.82, 2.24) is 19.9 Å². The van der Waals surface area contributed by atoms with Crippen molar-refractivity contribution < 1.29 is 17.1 Å². The van der Waals surface area contributed by atoms with Gasteiger partial charge >= 0.3 is 0 Å². The molecule has 3 aromatic heterocycles. The zero-order valence-corrected chi connectivity index (χ0v) is 18.1. The van der Waals surface area contributed by atoms with Crippen LogP contribution in [0.3, 0.4) is 0 Å². The van der Waals surface area contributed by atoms with Crippen molar-refractivity contribution in [3.05, 3.63) is 89.5 Å². The number of para-hydroxylation sites is 1. The van der Waals surface area contributed by atoms with Gasteiger partial charge in [0.2, 0.25) is 0 Å². The number of H-pyrrole nitrogens is 2. The van der Waals surface area contributed by atoms with Gasteiger partial charge in [0.15, 0.2) is 0 Å². The maximum absolute atomic E-state index is 6.29. The van der Waals surface area contributed by atoms with E-state index in [2.05, 4.69) is 22.1 Å². The summed E-state index contributed by atoms with van der Waals surface area (Å²) >= 11 is 0. The number of nitrogen functional groups attached to an aromatic ring is 1. The second-order valence-corrected chi connectivity index (χ2v) is 7.68. The molecule has 0 atom stereocenters. The van der Waals surface area contributed by atoms with Crippen LogP contribution in [0.1, 0.15) is 22.8 Å². The normalized spacial score (nSPS) is 12.0. The fraction of sp³-hybridized carbons (Fsp3) is 0. The van der Waals surface area contributed by atoms with Crippen LogP contribution < -0.4 is 5.73 Å². The quantitative estimate of drug-likeness (QED) is 0.212. The maximum atomic E-state index is 6.29. The standard InChI is InChI=1S/C26H19N5.Fe/c27-25-4-2-1-3-23(25)24-14-22-13-20-8-7-18(29-20)11-16-5-6-17(28-16)12-19-9-10-21(30-19)15-26(24)31-22;/h1-15,28,31H,27H2;. The first-order valence-corrected chi connectivity index (χ1v) is 10.1. The number of nitrogens with two attached hydrogens (primary N) is 1. The second kappa shape index (κ2) is 8.00. The summed E-state index contributed by atoms with van der Waals surface area (Å²) in [6, 6.07) is 22.3. The van der Waals surface area contributed by atoms with E-state index in [-0.39, 0.29) is 17.1 Å². The molecular weight excluding hydrogens is 438 g/mol. The third kappa shape index (κ3) is 3.78. The van der Waals surface area contributed by atoms with Crippen LogP contribution >= 0.6 is 0 Å². The van der Waals surface area contributed by atoms with E-state index in [4.69, 9.17) is 15.7 Å². The van der Waals surface area contributed by atoms with Gasteiger partial charge in [-0.3, -0.25) is 0 Å². The molecule has 4 N–H and O–H groups in total. The number of nitrogens with one attached hydrogen (secondary N) is 2. The maximum Gasteiger partial charge on any atom is 0.0658 e. The molecule has 156 valence electrons. The van der Waals surface area contributed by atoms with E-state index < -0.39 is 0 Å². The van der Waals surface area contributed by atoms with E-state index in [1.807, 2.05) is 78.9 Å². The largest absolute Gasteiger partial charge is 0.398 e. The van der Waals surface area contributed by atoms with E-state index in [1.165, 1.54) is 0 Å². The first-order chi connectivity index (χ1) is 15.2. The van der Waals surface area contributed by atoms with Crippen molar-refractivity contribution in [2.24, 2.45) is 0 Å². The van der Waals surface area contributed by atoms with Gasteiger partial charge < -0.3 is 15.7 Å². The summed E-state index contributed by atoms with van der Waals surface area (Å²) < 4.78 is 0. The molecule has 5 nitrogen and oxygen atoms in total. The average molecular weight is 457 g/mol. The minimum atomic E-state index is 0. The Kier molecular flexibility index (Phi) is 5.02. The number of benzene rings is 1. The van der Waals surface area contributed by atoms with Crippen molar-refractivity contribution in [2.45, 2.75) is 0 Å². The first kappa shape index (κ1) is 20.1. The third-order valence-corrected chi connectivity index (χ3v) is 5.42. The predicted octanol–water partition coefficient (Wildman–Crippen LogP) is 5.90. The number of hydrogen-bond donors (Lipinski definition) is 3. The molecular formula is C26H19FeN5. The van der Waals surface area contributed by atoms with Crippen LogP contribution in [0.15, 0.2) is 66.7 Å². The molecule has 1 aromatic carbocycles. The fourth-order valence-electron chi connectivity index (χ4n) is 3.98. The van der Waals surface area contributed by atoms with Gasteiger partial charge in [-0.15, -0.1) is 0 Å². The van der Waals surface area contributed by atoms with Crippen molar-refractivity contribution in [3.8, 4) is 11.1 Å². The van der Waals surface area contributed by atoms with Gasteiger partial charge in [-0.25, -0.2) is 9.97 Å². The van der Waals surface area contributed by atoms with Crippen LogP contribution in [0.25, 0.3) is 57.5 Å². The fourth-order valence-corrected chi connectivity index (χ4v) is 3.98. The van der Waals surface area contributed by atoms with E-state index in [0.29, 0.717) is 0 Å². The molecule has 6 rings (SSSR count). The van der Waals surface area contributed by atoms with Crippen LogP contribution in [0, 0.1) is 0 Å². The van der Waals surface area contributed by atoms with Crippen LogP contribution in [0.4, 0.5) is 5.69 Å². The van der Waals surface area contributed by atoms with Crippen LogP contribution in [-0.2, 0) is 17.1 Å². The molecule has 0 unspecified atom stereocenters. The van der Waals surface area contributed by atoms with Gasteiger partial charge in [0.1, 0.15) is 0 Å². The van der Waals surface area contributed by atoms with Crippen LogP contribution in [-0.4, -0.2) is 19.9 Å². The Hall–Kier alpha value is -3.86. The summed E-state index contributed by atoms with van der Waals surface area (Å²) in [6.45, 7) is 0. The topological polar surface area (TPSA) is 83.4 Å². The zero-order chi connectivity index (χ0) is 20.8. The third-order valence-electron chi connectivity index (χ3n) is 5.42. The molecule has 0 saturated heterocycles. The molecule has 6 heteroatoms. The number of aromatic nitrogens is 4. The Balaban J connectivity index is 0.00000216. The van der Waals surface area contributed by atoms with Crippen molar-refractivity contribution in [1.29, 1.82) is 0 Å². The van der Waals surface area contributed by atoms with Gasteiger partial charge in [0.05, 0.1) is 22.8 Å². The van der Waals surface area contributed by atoms with E-state index in [0.717, 1.165) is 61.7 Å². The number of rotatable bonds is 1. The Labute approximate surface area is 195 Å². The van der Waals surface area contributed by atoms with Gasteiger partial charge in [0.25, 0.3) is 0 Å². The molecule has 32 heavy (non-hydrogen) atoms. The van der Waals surface area contributed by atoms with Crippen molar-refractivity contribution in [3.63, 3.8) is 0 Å². The summed E-state index contributed by atoms with van der Waals surface area (Å²) in [4.78, 5) is 16.4. The SMILES string of the molecule is Nc1ccccc1-c1cc2cc3nc(cc4ccc(cc5nc(cc1[nH]2)C=C5)[nH]4)C=C3.[Fe]. The Morgan fingerprint density at radius 1 is 0.562 bits per heavy atom. The van der Waals surface area contributed by atoms with E-state index >= 15 is 0 Å². The van der Waals surface area contributed by atoms with E-state index in [9.17, 15) is 0 Å². The number of hydrogen-bond acceptors (Lipinski definition) is 3. The van der Waals surface area contributed by atoms with Gasteiger partial charge in [0, 0.05) is 55.9 Å². The molecule has 4 aromatic rings. The first-order valence-electron chi connectivity index (χ1n) is 10.1. The molecule has 0 aliphatic carbocycles. The molecule has 0 radical (unpaired) electrons. The molecule has 2 aliphatic rings. The molecule has 0 saturated carbocycles. The number of fused-ring (bicyclic) bond motifs is 8. The molecule has 2 aliphatic heterocycles. The van der Waals surface area contributed by atoms with Crippen LogP contribution in [0.2, 0.25) is 0 Å². The van der Waals surface area contributed by atoms with E-state index in [1.54, 1.807) is 0 Å². The summed E-state index contributed by atoms with van der Waals surface area (Å²) in [6.07, 6.45) is 8.08. The second-order valence-electron chi connectivity index (χ2n) is 7.68. The van der Waals surface area contributed by atoms with Crippen molar-refractivity contribution in [2.75, 3.05) is 5.73 Å². The Bertz CT molecular complexity index is 1560. The molecule has 8 bridgehead atoms. The molecule has 5 heterocycles. The minimum absolute atomic E-state index is 0. The predicted molar refractivity (Wildman–Crippen MR) is 129 cm³/mol. The average Bonchev–Trinajstić information content (AvgIpc) is 3.53. The summed E-state index contributed by atoms with van der Waals surface area (Å²) in [7, 11) is 0. The van der Waals surface area contributed by atoms with Gasteiger partial charge in [-0.05, 0) is 72.8 Å². The minimum Gasteiger partial charge on any atom is -0.398 e. The monoisotopic (exact) mass is 457 g/mol. The van der Waals surface area contributed by atoms with Gasteiger partial charge in [-0.1, -0.05) is 18.2 Å². The van der Waals surface area contributed by atoms with Crippen LogP contribution in [0.5, 0.6) is 0 Å². The molecule has 0 spiro atoms. The molecule has 0 amide bonds. The Morgan fingerprint density at radius 2 is 1.12 bits per heavy atom. The zero-order valence-electron chi connectivity index (χ0n) is 17.0. The van der Waals surface area contributed by atoms with Gasteiger partial charge in [-0.2, -0.15) is 0 Å². The summed E-state index contributed by atoms with van der Waals surface area (Å²) in [5.41, 5.74) is 16.6.